The summed E-state index contributed by atoms with van der Waals surface area (Å²) in [5.74, 6) is 0. The molecule has 0 saturated carbocycles. The molecule has 5 rings (SSSR count). The number of pyridine rings is 1. The van der Waals surface area contributed by atoms with E-state index in [0.717, 1.165) is 17.8 Å². The monoisotopic (exact) mass is 463 g/mol. The zero-order valence-electron chi connectivity index (χ0n) is 20.8. The standard InChI is InChI=1S/C31H33NOSi/c1-31(2,3)34(4,5)33-30-26-19-13-12-18-25(26)29-28(30)27(23-16-10-7-11-17-23)21-24(32-29)20-22-14-8-6-9-15-22/h6-19,21,30H,20H2,1-5H3. The summed E-state index contributed by atoms with van der Waals surface area (Å²) in [7, 11) is -2.03. The van der Waals surface area contributed by atoms with Gasteiger partial charge in [-0.15, -0.1) is 0 Å². The predicted octanol–water partition coefficient (Wildman–Crippen LogP) is 8.43. The molecular weight excluding hydrogens is 430 g/mol. The van der Waals surface area contributed by atoms with E-state index in [4.69, 9.17) is 9.41 Å². The number of hydrogen-bond donors (Lipinski definition) is 0. The first-order chi connectivity index (χ1) is 16.2. The van der Waals surface area contributed by atoms with E-state index in [1.807, 2.05) is 0 Å². The Morgan fingerprint density at radius 2 is 1.41 bits per heavy atom. The van der Waals surface area contributed by atoms with Gasteiger partial charge in [0.05, 0.1) is 11.8 Å². The highest BCUT2D eigenvalue weighted by molar-refractivity contribution is 6.74. The molecule has 1 aliphatic carbocycles. The summed E-state index contributed by atoms with van der Waals surface area (Å²) in [6, 6.07) is 32.3. The van der Waals surface area contributed by atoms with Gasteiger partial charge in [0.2, 0.25) is 0 Å². The maximum atomic E-state index is 7.14. The van der Waals surface area contributed by atoms with Crippen LogP contribution in [0.2, 0.25) is 18.1 Å². The van der Waals surface area contributed by atoms with Crippen molar-refractivity contribution in [3.63, 3.8) is 0 Å². The van der Waals surface area contributed by atoms with E-state index < -0.39 is 8.32 Å². The molecule has 1 aromatic heterocycles. The molecule has 1 heterocycles. The molecule has 0 spiro atoms. The molecule has 1 unspecified atom stereocenters. The molecule has 1 aliphatic rings. The van der Waals surface area contributed by atoms with E-state index in [1.54, 1.807) is 0 Å². The van der Waals surface area contributed by atoms with Crippen molar-refractivity contribution in [1.82, 2.24) is 4.98 Å². The van der Waals surface area contributed by atoms with Crippen LogP contribution in [0.5, 0.6) is 0 Å². The fourth-order valence-electron chi connectivity index (χ4n) is 4.52. The van der Waals surface area contributed by atoms with Crippen LogP contribution >= 0.6 is 0 Å². The summed E-state index contributed by atoms with van der Waals surface area (Å²) in [6.07, 6.45) is 0.713. The molecule has 4 aromatic rings. The summed E-state index contributed by atoms with van der Waals surface area (Å²) in [5, 5.41) is 0.123. The smallest absolute Gasteiger partial charge is 0.193 e. The zero-order valence-corrected chi connectivity index (χ0v) is 21.8. The largest absolute Gasteiger partial charge is 0.406 e. The number of benzene rings is 3. The molecule has 172 valence electrons. The van der Waals surface area contributed by atoms with Crippen molar-refractivity contribution in [1.29, 1.82) is 0 Å². The van der Waals surface area contributed by atoms with Crippen LogP contribution < -0.4 is 0 Å². The van der Waals surface area contributed by atoms with Crippen LogP contribution in [0.4, 0.5) is 0 Å². The van der Waals surface area contributed by atoms with E-state index in [0.29, 0.717) is 0 Å². The Morgan fingerprint density at radius 3 is 2.09 bits per heavy atom. The lowest BCUT2D eigenvalue weighted by molar-refractivity contribution is 0.227. The third-order valence-corrected chi connectivity index (χ3v) is 11.8. The molecule has 2 nitrogen and oxygen atoms in total. The van der Waals surface area contributed by atoms with Gasteiger partial charge >= 0.3 is 0 Å². The van der Waals surface area contributed by atoms with Crippen molar-refractivity contribution >= 4 is 8.32 Å². The summed E-state index contributed by atoms with van der Waals surface area (Å²) in [4.78, 5) is 5.25. The average Bonchev–Trinajstić information content (AvgIpc) is 3.12. The lowest BCUT2D eigenvalue weighted by atomic mass is 9.95. The number of fused-ring (bicyclic) bond motifs is 3. The molecule has 0 bridgehead atoms. The summed E-state index contributed by atoms with van der Waals surface area (Å²) in [5.41, 5.74) is 9.54. The van der Waals surface area contributed by atoms with Gasteiger partial charge < -0.3 is 4.43 Å². The second-order valence-electron chi connectivity index (χ2n) is 10.8. The number of aromatic nitrogens is 1. The highest BCUT2D eigenvalue weighted by atomic mass is 28.4. The van der Waals surface area contributed by atoms with Gasteiger partial charge in [-0.3, -0.25) is 4.98 Å². The van der Waals surface area contributed by atoms with E-state index in [1.165, 1.54) is 33.4 Å². The molecule has 0 aliphatic heterocycles. The molecule has 0 N–H and O–H groups in total. The van der Waals surface area contributed by atoms with Crippen molar-refractivity contribution < 1.29 is 4.43 Å². The highest BCUT2D eigenvalue weighted by Gasteiger charge is 2.43. The first-order valence-electron chi connectivity index (χ1n) is 12.1. The quantitative estimate of drug-likeness (QED) is 0.277. The lowest BCUT2D eigenvalue weighted by Gasteiger charge is -2.39. The minimum atomic E-state index is -2.03. The number of nitrogens with zero attached hydrogens (tertiary/aromatic N) is 1. The van der Waals surface area contributed by atoms with Crippen molar-refractivity contribution in [2.75, 3.05) is 0 Å². The van der Waals surface area contributed by atoms with E-state index in [2.05, 4.69) is 125 Å². The second-order valence-corrected chi connectivity index (χ2v) is 15.6. The Morgan fingerprint density at radius 1 is 0.794 bits per heavy atom. The van der Waals surface area contributed by atoms with Crippen LogP contribution in [0.15, 0.2) is 91.0 Å². The van der Waals surface area contributed by atoms with Crippen molar-refractivity contribution in [2.45, 2.75) is 51.4 Å². The Balaban J connectivity index is 1.72. The van der Waals surface area contributed by atoms with Crippen LogP contribution in [0, 0.1) is 0 Å². The van der Waals surface area contributed by atoms with Gasteiger partial charge in [-0.1, -0.05) is 106 Å². The third-order valence-electron chi connectivity index (χ3n) is 7.40. The maximum absolute atomic E-state index is 7.14. The van der Waals surface area contributed by atoms with E-state index in [9.17, 15) is 0 Å². The minimum Gasteiger partial charge on any atom is -0.406 e. The van der Waals surface area contributed by atoms with Crippen LogP contribution in [-0.2, 0) is 10.8 Å². The van der Waals surface area contributed by atoms with Gasteiger partial charge in [-0.2, -0.15) is 0 Å². The zero-order chi connectivity index (χ0) is 23.9. The molecular formula is C31H33NOSi. The Hall–Kier alpha value is -3.01. The Kier molecular flexibility index (Phi) is 5.79. The van der Waals surface area contributed by atoms with E-state index in [-0.39, 0.29) is 11.1 Å². The van der Waals surface area contributed by atoms with Crippen LogP contribution in [0.3, 0.4) is 0 Å². The number of hydrogen-bond acceptors (Lipinski definition) is 2. The first kappa shape index (κ1) is 22.8. The summed E-state index contributed by atoms with van der Waals surface area (Å²) in [6.45, 7) is 11.6. The molecule has 0 fully saturated rings. The third kappa shape index (κ3) is 4.15. The van der Waals surface area contributed by atoms with Crippen LogP contribution in [0.1, 0.15) is 49.3 Å². The molecule has 3 aromatic carbocycles. The molecule has 0 radical (unpaired) electrons. The fraction of sp³-hybridized carbons (Fsp3) is 0.258. The van der Waals surface area contributed by atoms with Crippen molar-refractivity contribution in [3.8, 4) is 22.4 Å². The first-order valence-corrected chi connectivity index (χ1v) is 15.1. The molecule has 0 saturated heterocycles. The predicted molar refractivity (Wildman–Crippen MR) is 144 cm³/mol. The highest BCUT2D eigenvalue weighted by Crippen LogP contribution is 2.51. The topological polar surface area (TPSA) is 22.1 Å². The maximum Gasteiger partial charge on any atom is 0.193 e. The molecule has 3 heteroatoms. The molecule has 0 amide bonds. The molecule has 1 atom stereocenters. The fourth-order valence-corrected chi connectivity index (χ4v) is 5.71. The second kappa shape index (κ2) is 8.64. The van der Waals surface area contributed by atoms with Crippen LogP contribution in [0.25, 0.3) is 22.4 Å². The minimum absolute atomic E-state index is 0.0967. The summed E-state index contributed by atoms with van der Waals surface area (Å²) < 4.78 is 7.14. The van der Waals surface area contributed by atoms with Gasteiger partial charge in [0, 0.05) is 23.2 Å². The van der Waals surface area contributed by atoms with Gasteiger partial charge in [-0.05, 0) is 46.5 Å². The summed E-state index contributed by atoms with van der Waals surface area (Å²) >= 11 is 0. The van der Waals surface area contributed by atoms with Crippen LogP contribution in [-0.4, -0.2) is 13.3 Å². The van der Waals surface area contributed by atoms with Gasteiger partial charge in [0.1, 0.15) is 0 Å². The van der Waals surface area contributed by atoms with E-state index >= 15 is 0 Å². The Labute approximate surface area is 204 Å². The van der Waals surface area contributed by atoms with Gasteiger partial charge in [0.15, 0.2) is 8.32 Å². The average molecular weight is 464 g/mol. The molecule has 34 heavy (non-hydrogen) atoms. The number of rotatable bonds is 5. The Bertz CT molecular complexity index is 1310. The van der Waals surface area contributed by atoms with Gasteiger partial charge in [0.25, 0.3) is 0 Å². The van der Waals surface area contributed by atoms with Crippen molar-refractivity contribution in [2.24, 2.45) is 0 Å². The normalized spacial score (nSPS) is 15.1. The SMILES string of the molecule is CC(C)(C)[Si](C)(C)OC1c2ccccc2-c2nc(Cc3ccccc3)cc(-c3ccccc3)c21. The van der Waals surface area contributed by atoms with Gasteiger partial charge in [-0.25, -0.2) is 0 Å². The lowest BCUT2D eigenvalue weighted by Crippen LogP contribution is -2.41. The van der Waals surface area contributed by atoms with Crippen molar-refractivity contribution in [3.05, 3.63) is 113 Å².